The summed E-state index contributed by atoms with van der Waals surface area (Å²) in [6.45, 7) is 1.81. The molecule has 0 aliphatic carbocycles. The molecule has 0 aliphatic rings. The zero-order valence-electron chi connectivity index (χ0n) is 16.4. The lowest BCUT2D eigenvalue weighted by Crippen LogP contribution is -2.20. The molecule has 0 fully saturated rings. The summed E-state index contributed by atoms with van der Waals surface area (Å²) in [4.78, 5) is 16.9. The van der Waals surface area contributed by atoms with Gasteiger partial charge in [0.15, 0.2) is 18.1 Å². The quantitative estimate of drug-likeness (QED) is 0.276. The number of fused-ring (bicyclic) bond motifs is 1. The van der Waals surface area contributed by atoms with Gasteiger partial charge in [-0.15, -0.1) is 0 Å². The monoisotopic (exact) mass is 562 g/mol. The molecular weight excluding hydrogens is 548 g/mol. The molecule has 1 N–H and O–H groups in total. The van der Waals surface area contributed by atoms with Crippen LogP contribution in [0.5, 0.6) is 5.75 Å². The van der Waals surface area contributed by atoms with Crippen LogP contribution in [0, 0.1) is 6.92 Å². The molecule has 4 rings (SSSR count). The molecule has 0 spiro atoms. The van der Waals surface area contributed by atoms with E-state index >= 15 is 0 Å². The van der Waals surface area contributed by atoms with E-state index in [1.807, 2.05) is 43.3 Å². The van der Waals surface area contributed by atoms with Gasteiger partial charge in [-0.2, -0.15) is 0 Å². The molecule has 0 unspecified atom stereocenters. The fraction of sp³-hybridized carbons (Fsp3) is 0.130. The number of halogens is 3. The first-order chi connectivity index (χ1) is 14.9. The number of carbonyl (C=O) groups excluding carboxylic acids is 1. The minimum absolute atomic E-state index is 0.111. The number of anilines is 1. The first-order valence-electron chi connectivity index (χ1n) is 9.39. The number of carbonyl (C=O) groups is 1. The average Bonchev–Trinajstić information content (AvgIpc) is 3.10. The number of rotatable bonds is 6. The van der Waals surface area contributed by atoms with Crippen LogP contribution in [-0.4, -0.2) is 17.5 Å². The second-order valence-corrected chi connectivity index (χ2v) is 9.17. The van der Waals surface area contributed by atoms with Gasteiger partial charge in [0.25, 0.3) is 5.91 Å². The third-order valence-electron chi connectivity index (χ3n) is 4.53. The van der Waals surface area contributed by atoms with Gasteiger partial charge in [0, 0.05) is 21.6 Å². The summed E-state index contributed by atoms with van der Waals surface area (Å²) >= 11 is 12.8. The molecule has 0 aliphatic heterocycles. The van der Waals surface area contributed by atoms with Crippen LogP contribution in [0.2, 0.25) is 5.02 Å². The van der Waals surface area contributed by atoms with Crippen LogP contribution in [0.3, 0.4) is 0 Å². The predicted molar refractivity (Wildman–Crippen MR) is 129 cm³/mol. The van der Waals surface area contributed by atoms with Gasteiger partial charge in [-0.05, 0) is 76.4 Å². The predicted octanol–water partition coefficient (Wildman–Crippen LogP) is 6.92. The van der Waals surface area contributed by atoms with E-state index in [9.17, 15) is 4.79 Å². The third-order valence-corrected chi connectivity index (χ3v) is 5.82. The lowest BCUT2D eigenvalue weighted by atomic mass is 10.1. The highest BCUT2D eigenvalue weighted by Crippen LogP contribution is 2.32. The molecule has 1 amide bonds. The van der Waals surface area contributed by atoms with E-state index in [0.717, 1.165) is 20.1 Å². The molecular formula is C23H17Br2ClN2O3. The van der Waals surface area contributed by atoms with Crippen molar-refractivity contribution in [3.05, 3.63) is 85.6 Å². The van der Waals surface area contributed by atoms with Crippen molar-refractivity contribution in [1.82, 2.24) is 4.98 Å². The van der Waals surface area contributed by atoms with Crippen LogP contribution in [0.4, 0.5) is 5.69 Å². The van der Waals surface area contributed by atoms with Crippen molar-refractivity contribution in [1.29, 1.82) is 0 Å². The Bertz CT molecular complexity index is 1230. The van der Waals surface area contributed by atoms with E-state index in [4.69, 9.17) is 20.8 Å². The van der Waals surface area contributed by atoms with Gasteiger partial charge < -0.3 is 14.5 Å². The normalized spacial score (nSPS) is 11.0. The number of aromatic nitrogens is 1. The molecule has 5 nitrogen and oxygen atoms in total. The number of nitrogens with zero attached hydrogens (tertiary/aromatic N) is 1. The molecule has 0 atom stereocenters. The topological polar surface area (TPSA) is 64.4 Å². The fourth-order valence-corrected chi connectivity index (χ4v) is 4.79. The minimum Gasteiger partial charge on any atom is -0.482 e. The number of oxazole rings is 1. The number of hydrogen-bond donors (Lipinski definition) is 1. The summed E-state index contributed by atoms with van der Waals surface area (Å²) in [5, 5.41) is 3.52. The second-order valence-electron chi connectivity index (χ2n) is 6.96. The maximum Gasteiger partial charge on any atom is 0.262 e. The van der Waals surface area contributed by atoms with E-state index in [1.54, 1.807) is 18.2 Å². The summed E-state index contributed by atoms with van der Waals surface area (Å²) in [5.74, 6) is 0.968. The Hall–Kier alpha value is -2.35. The van der Waals surface area contributed by atoms with Crippen LogP contribution < -0.4 is 10.1 Å². The molecule has 0 saturated carbocycles. The van der Waals surface area contributed by atoms with Gasteiger partial charge in [0.1, 0.15) is 11.3 Å². The van der Waals surface area contributed by atoms with Crippen LogP contribution in [0.25, 0.3) is 11.1 Å². The van der Waals surface area contributed by atoms with Crippen molar-refractivity contribution >= 4 is 66.2 Å². The Kier molecular flexibility index (Phi) is 6.65. The SMILES string of the molecule is Cc1cc(Br)cc(Br)c1OCC(=O)Nc1ccc2oc(Cc3ccc(Cl)cc3)nc2c1. The Morgan fingerprint density at radius 3 is 2.65 bits per heavy atom. The Labute approximate surface area is 201 Å². The van der Waals surface area contributed by atoms with Gasteiger partial charge >= 0.3 is 0 Å². The van der Waals surface area contributed by atoms with E-state index in [1.165, 1.54) is 0 Å². The summed E-state index contributed by atoms with van der Waals surface area (Å²) in [5.41, 5.74) is 3.93. The van der Waals surface area contributed by atoms with Gasteiger partial charge in [-0.1, -0.05) is 39.7 Å². The van der Waals surface area contributed by atoms with Crippen molar-refractivity contribution in [3.63, 3.8) is 0 Å². The molecule has 0 bridgehead atoms. The molecule has 0 saturated heterocycles. The third kappa shape index (κ3) is 5.47. The van der Waals surface area contributed by atoms with Crippen molar-refractivity contribution in [2.24, 2.45) is 0 Å². The van der Waals surface area contributed by atoms with Gasteiger partial charge in [0.05, 0.1) is 4.47 Å². The van der Waals surface area contributed by atoms with E-state index < -0.39 is 0 Å². The summed E-state index contributed by atoms with van der Waals surface area (Å²) < 4.78 is 13.2. The number of amides is 1. The Morgan fingerprint density at radius 1 is 1.13 bits per heavy atom. The molecule has 1 aromatic heterocycles. The minimum atomic E-state index is -0.265. The molecule has 0 radical (unpaired) electrons. The van der Waals surface area contributed by atoms with Gasteiger partial charge in [-0.25, -0.2) is 4.98 Å². The number of hydrogen-bond acceptors (Lipinski definition) is 4. The highest BCUT2D eigenvalue weighted by Gasteiger charge is 2.12. The lowest BCUT2D eigenvalue weighted by Gasteiger charge is -2.12. The van der Waals surface area contributed by atoms with E-state index in [0.29, 0.717) is 39.9 Å². The van der Waals surface area contributed by atoms with Crippen LogP contribution in [0.1, 0.15) is 17.0 Å². The summed E-state index contributed by atoms with van der Waals surface area (Å²) in [6.07, 6.45) is 0.558. The molecule has 3 aromatic carbocycles. The zero-order valence-corrected chi connectivity index (χ0v) is 20.3. The number of benzene rings is 3. The standard InChI is InChI=1S/C23H17Br2ClN2O3/c1-13-8-15(24)10-18(25)23(13)30-12-21(29)27-17-6-7-20-19(11-17)28-22(31-20)9-14-2-4-16(26)5-3-14/h2-8,10-11H,9,12H2,1H3,(H,27,29). The van der Waals surface area contributed by atoms with Crippen LogP contribution in [0.15, 0.2) is 68.0 Å². The Morgan fingerprint density at radius 2 is 1.90 bits per heavy atom. The zero-order chi connectivity index (χ0) is 22.0. The van der Waals surface area contributed by atoms with E-state index in [2.05, 4.69) is 42.2 Å². The van der Waals surface area contributed by atoms with Crippen molar-refractivity contribution < 1.29 is 13.9 Å². The average molecular weight is 565 g/mol. The fourth-order valence-electron chi connectivity index (χ4n) is 3.11. The first-order valence-corrected chi connectivity index (χ1v) is 11.4. The van der Waals surface area contributed by atoms with Crippen LogP contribution >= 0.6 is 43.5 Å². The Balaban J connectivity index is 1.41. The van der Waals surface area contributed by atoms with Gasteiger partial charge in [0.2, 0.25) is 0 Å². The smallest absolute Gasteiger partial charge is 0.262 e. The maximum atomic E-state index is 12.4. The lowest BCUT2D eigenvalue weighted by molar-refractivity contribution is -0.118. The van der Waals surface area contributed by atoms with Crippen LogP contribution in [-0.2, 0) is 11.2 Å². The maximum absolute atomic E-state index is 12.4. The van der Waals surface area contributed by atoms with Crippen molar-refractivity contribution in [2.75, 3.05) is 11.9 Å². The largest absolute Gasteiger partial charge is 0.482 e. The van der Waals surface area contributed by atoms with Crippen molar-refractivity contribution in [2.45, 2.75) is 13.3 Å². The molecule has 1 heterocycles. The van der Waals surface area contributed by atoms with E-state index in [-0.39, 0.29) is 12.5 Å². The first kappa shape index (κ1) is 21.9. The van der Waals surface area contributed by atoms with Crippen molar-refractivity contribution in [3.8, 4) is 5.75 Å². The highest BCUT2D eigenvalue weighted by molar-refractivity contribution is 9.11. The molecule has 158 valence electrons. The van der Waals surface area contributed by atoms with Gasteiger partial charge in [-0.3, -0.25) is 4.79 Å². The molecule has 31 heavy (non-hydrogen) atoms. The number of aryl methyl sites for hydroxylation is 1. The highest BCUT2D eigenvalue weighted by atomic mass is 79.9. The molecule has 4 aromatic rings. The summed E-state index contributed by atoms with van der Waals surface area (Å²) in [7, 11) is 0. The number of nitrogens with one attached hydrogen (secondary N) is 1. The summed E-state index contributed by atoms with van der Waals surface area (Å²) in [6, 6.07) is 16.7. The molecule has 8 heteroatoms. The number of ether oxygens (including phenoxy) is 1. The second kappa shape index (κ2) is 9.42.